The van der Waals surface area contributed by atoms with Crippen LogP contribution in [0.1, 0.15) is 27.7 Å². The van der Waals surface area contributed by atoms with Gasteiger partial charge in [-0.15, -0.1) is 0 Å². The minimum absolute atomic E-state index is 0.0217. The van der Waals surface area contributed by atoms with Crippen molar-refractivity contribution in [3.8, 4) is 0 Å². The Balaban J connectivity index is 3.90. The lowest BCUT2D eigenvalue weighted by molar-refractivity contribution is 0.0818. The van der Waals surface area contributed by atoms with Crippen LogP contribution in [-0.2, 0) is 0 Å². The van der Waals surface area contributed by atoms with Crippen LogP contribution in [0, 0.1) is 5.41 Å². The van der Waals surface area contributed by atoms with Crippen LogP contribution in [0.5, 0.6) is 0 Å². The van der Waals surface area contributed by atoms with Crippen molar-refractivity contribution in [2.24, 2.45) is 5.41 Å². The third kappa shape index (κ3) is 8.75. The molecule has 1 N–H and O–H groups in total. The molecule has 15 heavy (non-hydrogen) atoms. The van der Waals surface area contributed by atoms with E-state index in [1.807, 2.05) is 0 Å². The molecule has 0 aliphatic rings. The van der Waals surface area contributed by atoms with Crippen molar-refractivity contribution in [3.63, 3.8) is 0 Å². The molecule has 0 aromatic heterocycles. The van der Waals surface area contributed by atoms with Gasteiger partial charge < -0.3 is 10.2 Å². The lowest BCUT2D eigenvalue weighted by Gasteiger charge is -2.31. The van der Waals surface area contributed by atoms with Crippen molar-refractivity contribution >= 4 is 0 Å². The summed E-state index contributed by atoms with van der Waals surface area (Å²) in [6.45, 7) is 9.72. The van der Waals surface area contributed by atoms with E-state index in [0.29, 0.717) is 12.6 Å². The van der Waals surface area contributed by atoms with E-state index in [9.17, 15) is 8.78 Å². The van der Waals surface area contributed by atoms with Crippen LogP contribution < -0.4 is 5.32 Å². The third-order valence-electron chi connectivity index (χ3n) is 2.14. The van der Waals surface area contributed by atoms with Gasteiger partial charge in [-0.25, -0.2) is 8.78 Å². The number of nitrogens with zero attached hydrogens (tertiary/aromatic N) is 1. The zero-order valence-corrected chi connectivity index (χ0v) is 10.5. The molecule has 2 nitrogen and oxygen atoms in total. The topological polar surface area (TPSA) is 15.3 Å². The van der Waals surface area contributed by atoms with E-state index in [1.165, 1.54) is 0 Å². The second-order valence-corrected chi connectivity index (χ2v) is 5.29. The number of hydrogen-bond donors (Lipinski definition) is 1. The summed E-state index contributed by atoms with van der Waals surface area (Å²) < 4.78 is 24.2. The van der Waals surface area contributed by atoms with Crippen molar-refractivity contribution in [1.82, 2.24) is 10.2 Å². The number of nitrogens with one attached hydrogen (secondary N) is 1. The molecule has 0 aliphatic carbocycles. The van der Waals surface area contributed by atoms with E-state index >= 15 is 0 Å². The van der Waals surface area contributed by atoms with Crippen LogP contribution in [0.15, 0.2) is 0 Å². The molecule has 0 aliphatic heterocycles. The van der Waals surface area contributed by atoms with E-state index < -0.39 is 6.43 Å². The van der Waals surface area contributed by atoms with Gasteiger partial charge in [-0.05, 0) is 12.5 Å². The van der Waals surface area contributed by atoms with Gasteiger partial charge in [0, 0.05) is 19.1 Å². The molecule has 0 fully saturated rings. The molecule has 0 heterocycles. The third-order valence-corrected chi connectivity index (χ3v) is 2.14. The van der Waals surface area contributed by atoms with Crippen LogP contribution >= 0.6 is 0 Å². The maximum atomic E-state index is 12.1. The summed E-state index contributed by atoms with van der Waals surface area (Å²) in [5.41, 5.74) is 0.0217. The quantitative estimate of drug-likeness (QED) is 0.710. The Morgan fingerprint density at radius 2 is 1.80 bits per heavy atom. The Bertz CT molecular complexity index is 170. The average Bonchev–Trinajstić information content (AvgIpc) is 1.98. The maximum absolute atomic E-state index is 12.1. The van der Waals surface area contributed by atoms with Gasteiger partial charge in [0.05, 0.1) is 6.54 Å². The van der Waals surface area contributed by atoms with Crippen LogP contribution in [-0.4, -0.2) is 44.0 Å². The summed E-state index contributed by atoms with van der Waals surface area (Å²) >= 11 is 0. The highest BCUT2D eigenvalue weighted by molar-refractivity contribution is 4.76. The largest absolute Gasteiger partial charge is 0.314 e. The summed E-state index contributed by atoms with van der Waals surface area (Å²) in [4.78, 5) is 1.69. The number of alkyl halides is 2. The highest BCUT2D eigenvalue weighted by atomic mass is 19.3. The van der Waals surface area contributed by atoms with Gasteiger partial charge in [0.15, 0.2) is 0 Å². The summed E-state index contributed by atoms with van der Waals surface area (Å²) in [6, 6.07) is 0.435. The van der Waals surface area contributed by atoms with Crippen molar-refractivity contribution in [3.05, 3.63) is 0 Å². The van der Waals surface area contributed by atoms with Gasteiger partial charge in [0.25, 0.3) is 6.43 Å². The van der Waals surface area contributed by atoms with E-state index in [4.69, 9.17) is 0 Å². The molecule has 0 aromatic carbocycles. The molecule has 0 rings (SSSR count). The molecule has 0 atom stereocenters. The molecule has 4 heteroatoms. The van der Waals surface area contributed by atoms with Crippen molar-refractivity contribution in [2.45, 2.75) is 40.2 Å². The standard InChI is InChI=1S/C11H24F2N2/c1-9(2)14-7-11(3,4)8-15(5)6-10(12)13/h9-10,14H,6-8H2,1-5H3. The molecule has 0 unspecified atom stereocenters. The summed E-state index contributed by atoms with van der Waals surface area (Å²) in [5, 5.41) is 3.33. The molecule has 0 saturated heterocycles. The Morgan fingerprint density at radius 1 is 1.27 bits per heavy atom. The Morgan fingerprint density at radius 3 is 2.20 bits per heavy atom. The van der Waals surface area contributed by atoms with Gasteiger partial charge in [-0.1, -0.05) is 27.7 Å². The highest BCUT2D eigenvalue weighted by Gasteiger charge is 2.21. The number of hydrogen-bond acceptors (Lipinski definition) is 2. The highest BCUT2D eigenvalue weighted by Crippen LogP contribution is 2.15. The number of rotatable bonds is 7. The second-order valence-electron chi connectivity index (χ2n) is 5.29. The van der Waals surface area contributed by atoms with E-state index in [0.717, 1.165) is 6.54 Å². The first kappa shape index (κ1) is 14.8. The monoisotopic (exact) mass is 222 g/mol. The van der Waals surface area contributed by atoms with Crippen LogP contribution in [0.2, 0.25) is 0 Å². The van der Waals surface area contributed by atoms with Crippen molar-refractivity contribution < 1.29 is 8.78 Å². The first-order chi connectivity index (χ1) is 6.73. The van der Waals surface area contributed by atoms with Gasteiger partial charge >= 0.3 is 0 Å². The van der Waals surface area contributed by atoms with E-state index in [-0.39, 0.29) is 12.0 Å². The van der Waals surface area contributed by atoms with Crippen LogP contribution in [0.25, 0.3) is 0 Å². The summed E-state index contributed by atoms with van der Waals surface area (Å²) in [7, 11) is 1.74. The SMILES string of the molecule is CC(C)NCC(C)(C)CN(C)CC(F)F. The molecule has 0 aromatic rings. The Kier molecular flexibility index (Phi) is 6.29. The second kappa shape index (κ2) is 6.38. The van der Waals surface area contributed by atoms with Gasteiger partial charge in [-0.3, -0.25) is 0 Å². The number of halogens is 2. The van der Waals surface area contributed by atoms with Crippen molar-refractivity contribution in [1.29, 1.82) is 0 Å². The van der Waals surface area contributed by atoms with Gasteiger partial charge in [0.1, 0.15) is 0 Å². The molecule has 0 amide bonds. The molecule has 0 saturated carbocycles. The molecule has 0 bridgehead atoms. The normalized spacial score (nSPS) is 13.2. The zero-order chi connectivity index (χ0) is 12.1. The Hall–Kier alpha value is -0.220. The van der Waals surface area contributed by atoms with Crippen molar-refractivity contribution in [2.75, 3.05) is 26.7 Å². The lowest BCUT2D eigenvalue weighted by atomic mass is 9.92. The molecule has 0 radical (unpaired) electrons. The Labute approximate surface area is 92.0 Å². The molecular weight excluding hydrogens is 198 g/mol. The van der Waals surface area contributed by atoms with Gasteiger partial charge in [0.2, 0.25) is 0 Å². The van der Waals surface area contributed by atoms with Gasteiger partial charge in [-0.2, -0.15) is 0 Å². The fraction of sp³-hybridized carbons (Fsp3) is 1.00. The van der Waals surface area contributed by atoms with Crippen LogP contribution in [0.4, 0.5) is 8.78 Å². The van der Waals surface area contributed by atoms with Crippen LogP contribution in [0.3, 0.4) is 0 Å². The molecular formula is C11H24F2N2. The summed E-state index contributed by atoms with van der Waals surface area (Å²) in [5.74, 6) is 0. The first-order valence-electron chi connectivity index (χ1n) is 5.43. The van der Waals surface area contributed by atoms with E-state index in [2.05, 4.69) is 33.0 Å². The molecule has 92 valence electrons. The predicted octanol–water partition coefficient (Wildman–Crippen LogP) is 2.21. The first-order valence-corrected chi connectivity index (χ1v) is 5.43. The lowest BCUT2D eigenvalue weighted by Crippen LogP contribution is -2.42. The fourth-order valence-corrected chi connectivity index (χ4v) is 1.57. The predicted molar refractivity (Wildman–Crippen MR) is 60.4 cm³/mol. The zero-order valence-electron chi connectivity index (χ0n) is 10.5. The summed E-state index contributed by atoms with van der Waals surface area (Å²) in [6.07, 6.45) is -2.25. The minimum atomic E-state index is -2.25. The van der Waals surface area contributed by atoms with E-state index in [1.54, 1.807) is 11.9 Å². The average molecular weight is 222 g/mol. The smallest absolute Gasteiger partial charge is 0.251 e. The fourth-order valence-electron chi connectivity index (χ4n) is 1.57. The minimum Gasteiger partial charge on any atom is -0.314 e. The maximum Gasteiger partial charge on any atom is 0.251 e. The molecule has 0 spiro atoms.